The van der Waals surface area contributed by atoms with Crippen LogP contribution in [-0.4, -0.2) is 39.5 Å². The smallest absolute Gasteiger partial charge is 0.0863 e. The Morgan fingerprint density at radius 3 is 2.89 bits per heavy atom. The van der Waals surface area contributed by atoms with E-state index < -0.39 is 0 Å². The van der Waals surface area contributed by atoms with Crippen LogP contribution in [0.1, 0.15) is 31.2 Å². The fourth-order valence-corrected chi connectivity index (χ4v) is 3.03. The summed E-state index contributed by atoms with van der Waals surface area (Å²) in [5, 5.41) is 14.2. The topological polar surface area (TPSA) is 41.3 Å². The first-order chi connectivity index (χ1) is 8.65. The van der Waals surface area contributed by atoms with Crippen molar-refractivity contribution >= 4 is 11.6 Å². The van der Waals surface area contributed by atoms with E-state index in [4.69, 9.17) is 16.7 Å². The molecule has 1 aliphatic heterocycles. The lowest BCUT2D eigenvalue weighted by Crippen LogP contribution is -2.22. The van der Waals surface area contributed by atoms with Crippen molar-refractivity contribution in [1.82, 2.24) is 14.7 Å². The number of aliphatic hydroxyl groups excluding tert-OH is 1. The lowest BCUT2D eigenvalue weighted by molar-refractivity contribution is 0.248. The van der Waals surface area contributed by atoms with Gasteiger partial charge in [-0.05, 0) is 31.7 Å². The molecule has 1 atom stereocenters. The van der Waals surface area contributed by atoms with E-state index in [9.17, 15) is 0 Å². The predicted octanol–water partition coefficient (Wildman–Crippen LogP) is 1.84. The first-order valence-corrected chi connectivity index (χ1v) is 7.07. The quantitative estimate of drug-likeness (QED) is 0.889. The van der Waals surface area contributed by atoms with Crippen LogP contribution in [0.2, 0.25) is 5.02 Å². The number of rotatable bonds is 5. The number of aryl methyl sites for hydroxylation is 2. The standard InChI is InChI=1S/C13H22ClN3O/c1-3-11-13(14)12(16(2)15-11)9-17-6-4-10(8-17)5-7-18/h10,18H,3-9H2,1-2H3. The molecule has 1 unspecified atom stereocenters. The largest absolute Gasteiger partial charge is 0.396 e. The summed E-state index contributed by atoms with van der Waals surface area (Å²) in [5.41, 5.74) is 2.10. The molecule has 4 nitrogen and oxygen atoms in total. The van der Waals surface area contributed by atoms with Crippen molar-refractivity contribution in [3.63, 3.8) is 0 Å². The summed E-state index contributed by atoms with van der Waals surface area (Å²) in [6.07, 6.45) is 2.96. The van der Waals surface area contributed by atoms with Gasteiger partial charge in [0.1, 0.15) is 0 Å². The molecule has 2 heterocycles. The number of aromatic nitrogens is 2. The first-order valence-electron chi connectivity index (χ1n) is 6.69. The van der Waals surface area contributed by atoms with Crippen molar-refractivity contribution in [3.8, 4) is 0 Å². The molecular weight excluding hydrogens is 250 g/mol. The molecular formula is C13H22ClN3O. The maximum Gasteiger partial charge on any atom is 0.0863 e. The van der Waals surface area contributed by atoms with Gasteiger partial charge in [0, 0.05) is 26.7 Å². The van der Waals surface area contributed by atoms with Gasteiger partial charge in [0.2, 0.25) is 0 Å². The van der Waals surface area contributed by atoms with Crippen LogP contribution in [0, 0.1) is 5.92 Å². The molecule has 102 valence electrons. The summed E-state index contributed by atoms with van der Waals surface area (Å²) in [6, 6.07) is 0. The van der Waals surface area contributed by atoms with Gasteiger partial charge in [-0.15, -0.1) is 0 Å². The summed E-state index contributed by atoms with van der Waals surface area (Å²) < 4.78 is 1.90. The Labute approximate surface area is 114 Å². The lowest BCUT2D eigenvalue weighted by Gasteiger charge is -2.16. The molecule has 0 aliphatic carbocycles. The van der Waals surface area contributed by atoms with Gasteiger partial charge in [-0.25, -0.2) is 0 Å². The summed E-state index contributed by atoms with van der Waals surface area (Å²) in [4.78, 5) is 2.41. The molecule has 1 N–H and O–H groups in total. The van der Waals surface area contributed by atoms with Crippen LogP contribution in [0.25, 0.3) is 0 Å². The van der Waals surface area contributed by atoms with Gasteiger partial charge in [0.15, 0.2) is 0 Å². The highest BCUT2D eigenvalue weighted by Gasteiger charge is 2.24. The number of halogens is 1. The summed E-state index contributed by atoms with van der Waals surface area (Å²) >= 11 is 6.36. The maximum atomic E-state index is 8.97. The van der Waals surface area contributed by atoms with Crippen molar-refractivity contribution in [1.29, 1.82) is 0 Å². The fourth-order valence-electron chi connectivity index (χ4n) is 2.68. The van der Waals surface area contributed by atoms with Gasteiger partial charge in [-0.2, -0.15) is 5.10 Å². The highest BCUT2D eigenvalue weighted by atomic mass is 35.5. The van der Waals surface area contributed by atoms with Crippen molar-refractivity contribution in [2.45, 2.75) is 32.7 Å². The molecule has 0 aromatic carbocycles. The SMILES string of the molecule is CCc1nn(C)c(CN2CCC(CCO)C2)c1Cl. The number of likely N-dealkylation sites (tertiary alicyclic amines) is 1. The normalized spacial score (nSPS) is 20.8. The zero-order valence-electron chi connectivity index (χ0n) is 11.2. The molecule has 1 saturated heterocycles. The lowest BCUT2D eigenvalue weighted by atomic mass is 10.1. The minimum absolute atomic E-state index is 0.297. The Balaban J connectivity index is 2.00. The van der Waals surface area contributed by atoms with Crippen LogP contribution < -0.4 is 0 Å². The molecule has 2 rings (SSSR count). The highest BCUT2D eigenvalue weighted by molar-refractivity contribution is 6.31. The van der Waals surface area contributed by atoms with Crippen LogP contribution in [0.4, 0.5) is 0 Å². The fraction of sp³-hybridized carbons (Fsp3) is 0.769. The van der Waals surface area contributed by atoms with Crippen LogP contribution in [-0.2, 0) is 20.0 Å². The van der Waals surface area contributed by atoms with Crippen molar-refractivity contribution in [3.05, 3.63) is 16.4 Å². The zero-order valence-corrected chi connectivity index (χ0v) is 11.9. The molecule has 0 radical (unpaired) electrons. The summed E-state index contributed by atoms with van der Waals surface area (Å²) in [7, 11) is 1.96. The first kappa shape index (κ1) is 13.8. The summed E-state index contributed by atoms with van der Waals surface area (Å²) in [5.74, 6) is 0.632. The number of nitrogens with zero attached hydrogens (tertiary/aromatic N) is 3. The van der Waals surface area contributed by atoms with E-state index >= 15 is 0 Å². The molecule has 1 aromatic heterocycles. The molecule has 5 heteroatoms. The van der Waals surface area contributed by atoms with Crippen molar-refractivity contribution in [2.24, 2.45) is 13.0 Å². The van der Waals surface area contributed by atoms with E-state index in [0.717, 1.165) is 48.9 Å². The third-order valence-corrected chi connectivity index (χ3v) is 4.22. The molecule has 0 amide bonds. The third kappa shape index (κ3) is 2.87. The van der Waals surface area contributed by atoms with Crippen LogP contribution in [0.3, 0.4) is 0 Å². The van der Waals surface area contributed by atoms with Crippen LogP contribution in [0.5, 0.6) is 0 Å². The van der Waals surface area contributed by atoms with E-state index in [1.807, 2.05) is 11.7 Å². The number of aliphatic hydroxyl groups is 1. The molecule has 18 heavy (non-hydrogen) atoms. The number of hydrogen-bond donors (Lipinski definition) is 1. The monoisotopic (exact) mass is 271 g/mol. The van der Waals surface area contributed by atoms with Gasteiger partial charge < -0.3 is 5.11 Å². The Bertz CT molecular complexity index is 405. The molecule has 0 spiro atoms. The van der Waals surface area contributed by atoms with Crippen LogP contribution >= 0.6 is 11.6 Å². The minimum atomic E-state index is 0.297. The van der Waals surface area contributed by atoms with Gasteiger partial charge >= 0.3 is 0 Å². The van der Waals surface area contributed by atoms with Gasteiger partial charge in [0.25, 0.3) is 0 Å². The molecule has 0 bridgehead atoms. The third-order valence-electron chi connectivity index (χ3n) is 3.78. The molecule has 0 saturated carbocycles. The minimum Gasteiger partial charge on any atom is -0.396 e. The number of hydrogen-bond acceptors (Lipinski definition) is 3. The predicted molar refractivity (Wildman–Crippen MR) is 72.7 cm³/mol. The summed E-state index contributed by atoms with van der Waals surface area (Å²) in [6.45, 7) is 5.39. The molecule has 1 aromatic rings. The second kappa shape index (κ2) is 6.04. The van der Waals surface area contributed by atoms with E-state index in [-0.39, 0.29) is 0 Å². The van der Waals surface area contributed by atoms with Crippen molar-refractivity contribution < 1.29 is 5.11 Å². The van der Waals surface area contributed by atoms with E-state index in [1.165, 1.54) is 6.42 Å². The Morgan fingerprint density at radius 2 is 2.28 bits per heavy atom. The zero-order chi connectivity index (χ0) is 13.1. The van der Waals surface area contributed by atoms with Gasteiger partial charge in [-0.3, -0.25) is 9.58 Å². The molecule has 1 aliphatic rings. The van der Waals surface area contributed by atoms with E-state index in [2.05, 4.69) is 16.9 Å². The maximum absolute atomic E-state index is 8.97. The average Bonchev–Trinajstić information content (AvgIpc) is 2.89. The van der Waals surface area contributed by atoms with Gasteiger partial charge in [0.05, 0.1) is 16.4 Å². The molecule has 1 fully saturated rings. The highest BCUT2D eigenvalue weighted by Crippen LogP contribution is 2.26. The Morgan fingerprint density at radius 1 is 1.50 bits per heavy atom. The Kier molecular flexibility index (Phi) is 4.65. The van der Waals surface area contributed by atoms with E-state index in [1.54, 1.807) is 0 Å². The van der Waals surface area contributed by atoms with Crippen LogP contribution in [0.15, 0.2) is 0 Å². The van der Waals surface area contributed by atoms with E-state index in [0.29, 0.717) is 12.5 Å². The van der Waals surface area contributed by atoms with Gasteiger partial charge in [-0.1, -0.05) is 18.5 Å². The Hall–Kier alpha value is -0.580. The second-order valence-electron chi connectivity index (χ2n) is 5.09. The van der Waals surface area contributed by atoms with Crippen molar-refractivity contribution in [2.75, 3.05) is 19.7 Å². The average molecular weight is 272 g/mol. The second-order valence-corrected chi connectivity index (χ2v) is 5.46.